The number of hydrogen-bond acceptors (Lipinski definition) is 6. The molecule has 1 aliphatic heterocycles. The van der Waals surface area contributed by atoms with E-state index in [0.29, 0.717) is 47.1 Å². The maximum Gasteiger partial charge on any atom is 0.322 e. The molecule has 0 saturated carbocycles. The molecule has 4 rings (SSSR count). The number of rotatable bonds is 4. The van der Waals surface area contributed by atoms with Crippen LogP contribution in [0.3, 0.4) is 0 Å². The molecule has 2 N–H and O–H groups in total. The number of aryl methyl sites for hydroxylation is 1. The Balaban J connectivity index is 1.47. The molecule has 0 radical (unpaired) electrons. The summed E-state index contributed by atoms with van der Waals surface area (Å²) in [5, 5.41) is 19.8. The Labute approximate surface area is 182 Å². The summed E-state index contributed by atoms with van der Waals surface area (Å²) in [6.45, 7) is 0.857. The normalized spacial score (nSPS) is 12.6. The van der Waals surface area contributed by atoms with E-state index in [2.05, 4.69) is 21.8 Å². The number of ether oxygens (including phenoxy) is 1. The third kappa shape index (κ3) is 4.22. The maximum atomic E-state index is 12.7. The number of amides is 3. The summed E-state index contributed by atoms with van der Waals surface area (Å²) in [7, 11) is 3.32. The topological polar surface area (TPSA) is 112 Å². The highest BCUT2D eigenvalue weighted by Gasteiger charge is 2.28. The number of hydrogen-bond donors (Lipinski definition) is 2. The molecule has 3 amide bonds. The van der Waals surface area contributed by atoms with Crippen LogP contribution in [-0.2, 0) is 20.0 Å². The molecule has 3 heterocycles. The van der Waals surface area contributed by atoms with E-state index in [1.54, 1.807) is 54.2 Å². The summed E-state index contributed by atoms with van der Waals surface area (Å²) >= 11 is 1.33. The minimum Gasteiger partial charge on any atom is -0.497 e. The number of anilines is 2. The zero-order chi connectivity index (χ0) is 22.0. The summed E-state index contributed by atoms with van der Waals surface area (Å²) < 4.78 is 6.67. The van der Waals surface area contributed by atoms with E-state index in [9.17, 15) is 14.9 Å². The number of carbonyl (C=O) groups is 2. The maximum absolute atomic E-state index is 12.7. The van der Waals surface area contributed by atoms with Crippen molar-refractivity contribution in [2.75, 3.05) is 24.3 Å². The molecule has 1 aromatic carbocycles. The van der Waals surface area contributed by atoms with E-state index in [-0.39, 0.29) is 11.9 Å². The number of urea groups is 1. The van der Waals surface area contributed by atoms with Crippen LogP contribution in [0, 0.1) is 11.3 Å². The fourth-order valence-corrected chi connectivity index (χ4v) is 4.58. The lowest BCUT2D eigenvalue weighted by atomic mass is 10.0. The fourth-order valence-electron chi connectivity index (χ4n) is 3.37. The summed E-state index contributed by atoms with van der Waals surface area (Å²) in [5.74, 6) is 0.390. The van der Waals surface area contributed by atoms with E-state index >= 15 is 0 Å². The average molecular weight is 436 g/mol. The molecule has 0 bridgehead atoms. The average Bonchev–Trinajstić information content (AvgIpc) is 3.36. The lowest BCUT2D eigenvalue weighted by molar-refractivity contribution is 0.102. The van der Waals surface area contributed by atoms with Crippen molar-refractivity contribution in [3.8, 4) is 11.8 Å². The van der Waals surface area contributed by atoms with Gasteiger partial charge in [0.2, 0.25) is 0 Å². The third-order valence-corrected chi connectivity index (χ3v) is 6.12. The van der Waals surface area contributed by atoms with Crippen LogP contribution in [0.25, 0.3) is 0 Å². The summed E-state index contributed by atoms with van der Waals surface area (Å²) in [6.07, 6.45) is 3.63. The van der Waals surface area contributed by atoms with Gasteiger partial charge >= 0.3 is 6.03 Å². The molecule has 0 unspecified atom stereocenters. The molecule has 10 heteroatoms. The minimum absolute atomic E-state index is 0.219. The number of nitriles is 1. The Morgan fingerprint density at radius 2 is 2.03 bits per heavy atom. The summed E-state index contributed by atoms with van der Waals surface area (Å²) in [6, 6.07) is 9.09. The Hall–Kier alpha value is -3.84. The third-order valence-electron chi connectivity index (χ3n) is 4.99. The molecular formula is C21H20N6O3S. The van der Waals surface area contributed by atoms with Crippen molar-refractivity contribution in [2.24, 2.45) is 7.05 Å². The van der Waals surface area contributed by atoms with Crippen LogP contribution in [0.2, 0.25) is 0 Å². The highest BCUT2D eigenvalue weighted by atomic mass is 32.1. The van der Waals surface area contributed by atoms with Gasteiger partial charge < -0.3 is 20.3 Å². The first-order valence-electron chi connectivity index (χ1n) is 9.53. The second kappa shape index (κ2) is 8.49. The smallest absolute Gasteiger partial charge is 0.322 e. The molecule has 158 valence electrons. The van der Waals surface area contributed by atoms with Gasteiger partial charge in [0.05, 0.1) is 31.0 Å². The van der Waals surface area contributed by atoms with Gasteiger partial charge in [0, 0.05) is 30.4 Å². The molecule has 0 fully saturated rings. The van der Waals surface area contributed by atoms with Crippen molar-refractivity contribution < 1.29 is 14.3 Å². The number of nitrogens with zero attached hydrogens (tertiary/aromatic N) is 4. The van der Waals surface area contributed by atoms with Crippen LogP contribution >= 0.6 is 11.3 Å². The summed E-state index contributed by atoms with van der Waals surface area (Å²) in [5.41, 5.74) is 2.44. The molecular weight excluding hydrogens is 416 g/mol. The van der Waals surface area contributed by atoms with Gasteiger partial charge in [-0.2, -0.15) is 10.4 Å². The molecule has 1 aliphatic rings. The molecule has 0 saturated heterocycles. The SMILES string of the molecule is COc1ccc(NC(=O)N2CCc3c(sc(NC(=O)c4cnn(C)c4)c3C#N)C2)cc1. The lowest BCUT2D eigenvalue weighted by Gasteiger charge is -2.27. The van der Waals surface area contributed by atoms with E-state index in [1.165, 1.54) is 17.5 Å². The number of benzene rings is 1. The van der Waals surface area contributed by atoms with E-state index in [4.69, 9.17) is 4.74 Å². The number of aromatic nitrogens is 2. The van der Waals surface area contributed by atoms with Gasteiger partial charge in [-0.15, -0.1) is 11.3 Å². The first-order chi connectivity index (χ1) is 15.0. The highest BCUT2D eigenvalue weighted by Crippen LogP contribution is 2.37. The van der Waals surface area contributed by atoms with Crippen LogP contribution in [-0.4, -0.2) is 40.3 Å². The van der Waals surface area contributed by atoms with Gasteiger partial charge in [-0.25, -0.2) is 4.79 Å². The van der Waals surface area contributed by atoms with Crippen molar-refractivity contribution in [1.82, 2.24) is 14.7 Å². The van der Waals surface area contributed by atoms with Crippen LogP contribution in [0.15, 0.2) is 36.7 Å². The van der Waals surface area contributed by atoms with Gasteiger partial charge in [-0.05, 0) is 36.2 Å². The Kier molecular flexibility index (Phi) is 5.60. The first-order valence-corrected chi connectivity index (χ1v) is 10.3. The Morgan fingerprint density at radius 1 is 1.26 bits per heavy atom. The van der Waals surface area contributed by atoms with Crippen LogP contribution < -0.4 is 15.4 Å². The summed E-state index contributed by atoms with van der Waals surface area (Å²) in [4.78, 5) is 27.8. The lowest BCUT2D eigenvalue weighted by Crippen LogP contribution is -2.38. The van der Waals surface area contributed by atoms with Crippen LogP contribution in [0.5, 0.6) is 5.75 Å². The van der Waals surface area contributed by atoms with E-state index < -0.39 is 0 Å². The van der Waals surface area contributed by atoms with E-state index in [1.807, 2.05) is 0 Å². The van der Waals surface area contributed by atoms with Crippen molar-refractivity contribution in [2.45, 2.75) is 13.0 Å². The highest BCUT2D eigenvalue weighted by molar-refractivity contribution is 7.16. The number of thiophene rings is 1. The predicted molar refractivity (Wildman–Crippen MR) is 116 cm³/mol. The number of fused-ring (bicyclic) bond motifs is 1. The molecule has 2 aromatic heterocycles. The molecule has 3 aromatic rings. The van der Waals surface area contributed by atoms with Gasteiger partial charge in [-0.3, -0.25) is 9.48 Å². The van der Waals surface area contributed by atoms with Crippen LogP contribution in [0.1, 0.15) is 26.4 Å². The van der Waals surface area contributed by atoms with Crippen LogP contribution in [0.4, 0.5) is 15.5 Å². The standard InChI is InChI=1S/C21H20N6O3S/c1-26-11-13(10-23-26)19(28)25-20-17(9-22)16-7-8-27(12-18(16)31-20)21(29)24-14-3-5-15(30-2)6-4-14/h3-6,10-11H,7-8,12H2,1-2H3,(H,24,29)(H,25,28). The number of methoxy groups -OCH3 is 1. The zero-order valence-electron chi connectivity index (χ0n) is 17.0. The van der Waals surface area contributed by atoms with Gasteiger partial charge in [0.25, 0.3) is 5.91 Å². The van der Waals surface area contributed by atoms with Gasteiger partial charge in [0.15, 0.2) is 0 Å². The molecule has 0 aliphatic carbocycles. The zero-order valence-corrected chi connectivity index (χ0v) is 17.8. The van der Waals surface area contributed by atoms with Crippen molar-refractivity contribution in [1.29, 1.82) is 5.26 Å². The quantitative estimate of drug-likeness (QED) is 0.652. The van der Waals surface area contributed by atoms with Gasteiger partial charge in [0.1, 0.15) is 16.8 Å². The molecule has 0 atom stereocenters. The van der Waals surface area contributed by atoms with Crippen molar-refractivity contribution >= 4 is 34.0 Å². The predicted octanol–water partition coefficient (Wildman–Crippen LogP) is 3.20. The second-order valence-electron chi connectivity index (χ2n) is 7.01. The van der Waals surface area contributed by atoms with E-state index in [0.717, 1.165) is 10.4 Å². The second-order valence-corrected chi connectivity index (χ2v) is 8.11. The van der Waals surface area contributed by atoms with Crippen molar-refractivity contribution in [3.63, 3.8) is 0 Å². The number of carbonyl (C=O) groups excluding carboxylic acids is 2. The Morgan fingerprint density at radius 3 is 2.68 bits per heavy atom. The molecule has 9 nitrogen and oxygen atoms in total. The fraction of sp³-hybridized carbons (Fsp3) is 0.238. The first kappa shape index (κ1) is 20.4. The van der Waals surface area contributed by atoms with Crippen molar-refractivity contribution in [3.05, 3.63) is 58.2 Å². The molecule has 0 spiro atoms. The minimum atomic E-state index is -0.322. The molecule has 31 heavy (non-hydrogen) atoms. The number of nitrogens with one attached hydrogen (secondary N) is 2. The monoisotopic (exact) mass is 436 g/mol. The Bertz CT molecular complexity index is 1170. The largest absolute Gasteiger partial charge is 0.497 e. The van der Waals surface area contributed by atoms with Gasteiger partial charge in [-0.1, -0.05) is 0 Å².